The molecule has 11 heteroatoms. The molecule has 0 amide bonds. The van der Waals surface area contributed by atoms with Gasteiger partial charge in [-0.25, -0.2) is 0 Å². The molecule has 0 heterocycles. The number of methoxy groups -OCH3 is 1. The van der Waals surface area contributed by atoms with Gasteiger partial charge in [-0.15, -0.1) is 0 Å². The number of halogens is 6. The van der Waals surface area contributed by atoms with Gasteiger partial charge in [0, 0.05) is 32.5 Å². The Labute approximate surface area is 417 Å². The zero-order chi connectivity index (χ0) is 48.2. The molecule has 3 saturated carbocycles. The van der Waals surface area contributed by atoms with Gasteiger partial charge in [-0.2, -0.15) is 0 Å². The summed E-state index contributed by atoms with van der Waals surface area (Å²) in [7, 11) is 0.390. The average molecular weight is 1160 g/mol. The normalized spacial score (nSPS) is 20.2. The number of fused-ring (bicyclic) bond motifs is 3. The van der Waals surface area contributed by atoms with E-state index in [-0.39, 0.29) is 35.9 Å². The first-order valence-corrected chi connectivity index (χ1v) is 30.6. The van der Waals surface area contributed by atoms with Crippen molar-refractivity contribution in [3.8, 4) is 11.1 Å². The molecule has 7 aromatic rings. The van der Waals surface area contributed by atoms with Gasteiger partial charge in [0.15, 0.2) is 0 Å². The quantitative estimate of drug-likeness (QED) is 0.0795. The molecule has 2 bridgehead atoms. The third-order valence-corrected chi connectivity index (χ3v) is 17.2. The summed E-state index contributed by atoms with van der Waals surface area (Å²) in [6.07, 6.45) is 8.16. The molecule has 357 valence electrons. The van der Waals surface area contributed by atoms with Crippen molar-refractivity contribution in [1.29, 1.82) is 0 Å². The van der Waals surface area contributed by atoms with Crippen molar-refractivity contribution in [1.82, 2.24) is 0 Å². The molecule has 7 aromatic carbocycles. The molecule has 0 saturated heterocycles. The molecule has 3 aliphatic rings. The number of hydrogen-bond acceptors (Lipinski definition) is 1. The second kappa shape index (κ2) is 21.0. The molecule has 0 N–H and O–H groups in total. The SMILES string of the molecule is CO[C@@]1(C)C[C@@]2(C)[CH][CH][C@@H]1[CH][C]2c1ccc(C(C)(C)C)cc1.[F][Sb-]([F])([F])([F])([F])[F].[Rh].c1ccc(P(c2ccccc2)c2ccccc2-c2ccccc2P(c2ccccc2)c2ccccc2)cc1. The zero-order valence-electron chi connectivity index (χ0n) is 38.8. The minimum Gasteiger partial charge on any atom is -0.0622 e. The van der Waals surface area contributed by atoms with Gasteiger partial charge in [-0.05, 0) is 119 Å². The van der Waals surface area contributed by atoms with Gasteiger partial charge in [-0.3, -0.25) is 0 Å². The first kappa shape index (κ1) is 53.7. The Bertz CT molecular complexity index is 2490. The summed E-state index contributed by atoms with van der Waals surface area (Å²) in [6.45, 7) is 11.4. The van der Waals surface area contributed by atoms with E-state index < -0.39 is 35.3 Å². The zero-order valence-corrected chi connectivity index (χ0v) is 44.8. The van der Waals surface area contributed by atoms with E-state index in [0.29, 0.717) is 5.92 Å². The van der Waals surface area contributed by atoms with Gasteiger partial charge in [-0.1, -0.05) is 222 Å². The number of benzene rings is 7. The van der Waals surface area contributed by atoms with Crippen LogP contribution in [0.5, 0.6) is 0 Å². The Balaban J connectivity index is 0.000000214. The van der Waals surface area contributed by atoms with Gasteiger partial charge in [0.1, 0.15) is 0 Å². The van der Waals surface area contributed by atoms with E-state index in [4.69, 9.17) is 4.74 Å². The number of rotatable bonds is 9. The first-order chi connectivity index (χ1) is 31.5. The number of hydrogen-bond donors (Lipinski definition) is 0. The van der Waals surface area contributed by atoms with Crippen LogP contribution < -0.4 is 31.8 Å². The molecule has 10 rings (SSSR count). The van der Waals surface area contributed by atoms with Crippen LogP contribution in [0.1, 0.15) is 52.2 Å². The van der Waals surface area contributed by atoms with Crippen molar-refractivity contribution in [2.45, 2.75) is 52.1 Å². The number of ether oxygens (including phenoxy) is 1. The standard InChI is InChI=1S/C36H28P2.C21H28O.6FH.Rh.Sb/c1-5-17-29(18-6-1)37(30-19-7-2-8-20-30)35-27-15-13-25-33(35)34-26-14-16-28-36(34)38(31-21-9-3-10-22-31)32-23-11-4-12-24-32;1-19(2,3)16-9-7-15(8-10-16)18-13-17-11-12-20(18,4)14-21(17,5)22-6;;;;;;;;/h1-28H;7-13,17H,14H2,1-6H3;6*1H;;/q;;;;;;;;;+5/p-6/t;17-,20-,21+;;;;;;;;/m.1......../s1. The molecule has 3 aliphatic carbocycles. The molecular weight excluding hydrogens is 1100 g/mol. The van der Waals surface area contributed by atoms with E-state index in [1.807, 2.05) is 7.11 Å². The summed E-state index contributed by atoms with van der Waals surface area (Å²) in [4.78, 5) is 0. The van der Waals surface area contributed by atoms with E-state index in [1.54, 1.807) is 0 Å². The second-order valence-electron chi connectivity index (χ2n) is 18.4. The Hall–Kier alpha value is -3.62. The van der Waals surface area contributed by atoms with Crippen molar-refractivity contribution >= 4 is 67.1 Å². The smallest absolute Gasteiger partial charge is 0 e. The predicted molar refractivity (Wildman–Crippen MR) is 274 cm³/mol. The molecule has 0 unspecified atom stereocenters. The van der Waals surface area contributed by atoms with Crippen molar-refractivity contribution in [2.24, 2.45) is 11.3 Å². The summed E-state index contributed by atoms with van der Waals surface area (Å²) in [5, 5.41) is 8.25. The molecule has 0 aromatic heterocycles. The second-order valence-corrected chi connectivity index (χ2v) is 28.3. The minimum absolute atomic E-state index is 0. The third kappa shape index (κ3) is 14.0. The summed E-state index contributed by atoms with van der Waals surface area (Å²) in [6, 6.07) is 71.2. The van der Waals surface area contributed by atoms with Crippen LogP contribution in [0.25, 0.3) is 11.1 Å². The first-order valence-electron chi connectivity index (χ1n) is 22.2. The Morgan fingerprint density at radius 3 is 1.18 bits per heavy atom. The Kier molecular flexibility index (Phi) is 16.6. The molecule has 0 spiro atoms. The summed E-state index contributed by atoms with van der Waals surface area (Å²) in [5.74, 6) is 1.83. The summed E-state index contributed by atoms with van der Waals surface area (Å²) < 4.78 is 65.4. The summed E-state index contributed by atoms with van der Waals surface area (Å²) in [5.41, 5.74) is 5.59. The fourth-order valence-electron chi connectivity index (χ4n) is 8.95. The van der Waals surface area contributed by atoms with Crippen molar-refractivity contribution in [3.05, 3.63) is 230 Å². The molecule has 3 fully saturated rings. The van der Waals surface area contributed by atoms with E-state index in [1.165, 1.54) is 60.0 Å². The van der Waals surface area contributed by atoms with Crippen LogP contribution in [0, 0.1) is 36.5 Å². The molecule has 0 aliphatic heterocycles. The van der Waals surface area contributed by atoms with Gasteiger partial charge in [0.2, 0.25) is 0 Å². The van der Waals surface area contributed by atoms with Crippen molar-refractivity contribution in [2.75, 3.05) is 7.11 Å². The van der Waals surface area contributed by atoms with Gasteiger partial charge >= 0.3 is 36.4 Å². The summed E-state index contributed by atoms with van der Waals surface area (Å²) >= 11 is -11.2. The maximum absolute atomic E-state index is 11.2. The van der Waals surface area contributed by atoms with Gasteiger partial charge in [0.25, 0.3) is 0 Å². The monoisotopic (exact) mass is 1160 g/mol. The fourth-order valence-corrected chi connectivity index (χ4v) is 13.9. The molecule has 68 heavy (non-hydrogen) atoms. The molecule has 3 atom stereocenters. The van der Waals surface area contributed by atoms with Crippen LogP contribution in [-0.4, -0.2) is 32.2 Å². The molecular formula is C57H56F6OP2RhSb-. The maximum atomic E-state index is 9.93. The van der Waals surface area contributed by atoms with Crippen molar-refractivity contribution in [3.63, 3.8) is 0 Å². The Morgan fingerprint density at radius 1 is 0.515 bits per heavy atom. The molecule has 5 radical (unpaired) electrons. The van der Waals surface area contributed by atoms with Crippen LogP contribution in [-0.2, 0) is 29.6 Å². The largest absolute Gasteiger partial charge is 0.0622 e. The van der Waals surface area contributed by atoms with Crippen molar-refractivity contribution < 1.29 is 41.1 Å². The fraction of sp³-hybridized carbons (Fsp3) is 0.193. The van der Waals surface area contributed by atoms with Crippen LogP contribution in [0.15, 0.2) is 194 Å². The van der Waals surface area contributed by atoms with Crippen LogP contribution in [0.4, 0.5) is 16.9 Å². The molecule has 1 nitrogen and oxygen atoms in total. The van der Waals surface area contributed by atoms with Gasteiger partial charge in [0.05, 0.1) is 5.60 Å². The Morgan fingerprint density at radius 2 is 0.853 bits per heavy atom. The van der Waals surface area contributed by atoms with Crippen LogP contribution in [0.2, 0.25) is 0 Å². The van der Waals surface area contributed by atoms with E-state index >= 15 is 0 Å². The van der Waals surface area contributed by atoms with E-state index in [0.717, 1.165) is 6.42 Å². The minimum atomic E-state index is -11.2. The van der Waals surface area contributed by atoms with E-state index in [9.17, 15) is 16.9 Å². The third-order valence-electron chi connectivity index (χ3n) is 12.2. The van der Waals surface area contributed by atoms with Crippen LogP contribution >= 0.6 is 15.8 Å². The average Bonchev–Trinajstić information content (AvgIpc) is 3.30. The van der Waals surface area contributed by atoms with E-state index in [2.05, 4.69) is 248 Å². The van der Waals surface area contributed by atoms with Gasteiger partial charge < -0.3 is 4.74 Å². The maximum Gasteiger partial charge on any atom is 0 e. The van der Waals surface area contributed by atoms with Crippen LogP contribution in [0.3, 0.4) is 0 Å². The predicted octanol–water partition coefficient (Wildman–Crippen LogP) is 14.0. The topological polar surface area (TPSA) is 9.23 Å².